The number of nitrogens with two attached hydrogens (primary N) is 1. The van der Waals surface area contributed by atoms with E-state index in [-0.39, 0.29) is 0 Å². The SMILES string of the molecule is CCCSc1ccc(NC=O)c(N)c1. The Labute approximate surface area is 88.1 Å². The molecule has 4 heteroatoms. The van der Waals surface area contributed by atoms with Crippen LogP contribution in [0.3, 0.4) is 0 Å². The normalized spacial score (nSPS) is 9.79. The average molecular weight is 210 g/mol. The van der Waals surface area contributed by atoms with Gasteiger partial charge in [0.05, 0.1) is 11.4 Å². The van der Waals surface area contributed by atoms with Gasteiger partial charge in [-0.1, -0.05) is 6.92 Å². The van der Waals surface area contributed by atoms with Gasteiger partial charge in [-0.2, -0.15) is 0 Å². The Kier molecular flexibility index (Phi) is 4.32. The van der Waals surface area contributed by atoms with Crippen LogP contribution < -0.4 is 11.1 Å². The van der Waals surface area contributed by atoms with E-state index in [0.717, 1.165) is 17.1 Å². The molecule has 14 heavy (non-hydrogen) atoms. The van der Waals surface area contributed by atoms with Gasteiger partial charge < -0.3 is 11.1 Å². The number of rotatable bonds is 5. The number of nitrogens with one attached hydrogen (secondary N) is 1. The minimum atomic E-state index is 0.609. The zero-order valence-electron chi connectivity index (χ0n) is 8.12. The van der Waals surface area contributed by atoms with Crippen LogP contribution in [0.2, 0.25) is 0 Å². The van der Waals surface area contributed by atoms with Crippen molar-refractivity contribution >= 4 is 29.5 Å². The number of thioether (sulfide) groups is 1. The summed E-state index contributed by atoms with van der Waals surface area (Å²) in [7, 11) is 0. The zero-order chi connectivity index (χ0) is 10.4. The summed E-state index contributed by atoms with van der Waals surface area (Å²) in [5.74, 6) is 1.08. The molecule has 1 amide bonds. The molecule has 0 bridgehead atoms. The summed E-state index contributed by atoms with van der Waals surface area (Å²) in [6.07, 6.45) is 1.77. The Morgan fingerprint density at radius 3 is 2.93 bits per heavy atom. The van der Waals surface area contributed by atoms with E-state index in [1.54, 1.807) is 11.8 Å². The van der Waals surface area contributed by atoms with Gasteiger partial charge in [0, 0.05) is 4.90 Å². The monoisotopic (exact) mass is 210 g/mol. The third kappa shape index (κ3) is 2.96. The Balaban J connectivity index is 2.72. The summed E-state index contributed by atoms with van der Waals surface area (Å²) >= 11 is 1.77. The van der Waals surface area contributed by atoms with E-state index in [0.29, 0.717) is 17.8 Å². The Morgan fingerprint density at radius 1 is 1.57 bits per heavy atom. The Hall–Kier alpha value is -1.16. The first-order valence-corrected chi connectivity index (χ1v) is 5.49. The molecular weight excluding hydrogens is 196 g/mol. The van der Waals surface area contributed by atoms with E-state index in [9.17, 15) is 4.79 Å². The molecule has 76 valence electrons. The molecule has 0 aliphatic heterocycles. The summed E-state index contributed by atoms with van der Waals surface area (Å²) in [6, 6.07) is 5.66. The first-order chi connectivity index (χ1) is 6.77. The molecular formula is C10H14N2OS. The van der Waals surface area contributed by atoms with Gasteiger partial charge in [0.25, 0.3) is 0 Å². The van der Waals surface area contributed by atoms with E-state index in [1.165, 1.54) is 0 Å². The van der Waals surface area contributed by atoms with Crippen molar-refractivity contribution in [1.29, 1.82) is 0 Å². The van der Waals surface area contributed by atoms with Crippen molar-refractivity contribution in [2.24, 2.45) is 0 Å². The molecule has 0 spiro atoms. The largest absolute Gasteiger partial charge is 0.397 e. The lowest BCUT2D eigenvalue weighted by molar-refractivity contribution is -0.105. The van der Waals surface area contributed by atoms with Gasteiger partial charge in [0.15, 0.2) is 0 Å². The quantitative estimate of drug-likeness (QED) is 0.445. The zero-order valence-corrected chi connectivity index (χ0v) is 8.93. The number of nitrogen functional groups attached to an aromatic ring is 1. The maximum absolute atomic E-state index is 10.2. The topological polar surface area (TPSA) is 55.1 Å². The van der Waals surface area contributed by atoms with Crippen LogP contribution in [0, 0.1) is 0 Å². The summed E-state index contributed by atoms with van der Waals surface area (Å²) < 4.78 is 0. The predicted molar refractivity (Wildman–Crippen MR) is 61.6 cm³/mol. The van der Waals surface area contributed by atoms with Gasteiger partial charge in [0.2, 0.25) is 6.41 Å². The van der Waals surface area contributed by atoms with Crippen molar-refractivity contribution in [2.45, 2.75) is 18.2 Å². The third-order valence-electron chi connectivity index (χ3n) is 1.71. The fourth-order valence-electron chi connectivity index (χ4n) is 1.05. The van der Waals surface area contributed by atoms with E-state index >= 15 is 0 Å². The second-order valence-corrected chi connectivity index (χ2v) is 4.03. The molecule has 3 N–H and O–H groups in total. The standard InChI is InChI=1S/C10H14N2OS/c1-2-5-14-8-3-4-10(12-7-13)9(11)6-8/h3-4,6-7H,2,5,11H2,1H3,(H,12,13). The van der Waals surface area contributed by atoms with Crippen LogP contribution in [0.5, 0.6) is 0 Å². The van der Waals surface area contributed by atoms with Crippen molar-refractivity contribution in [3.05, 3.63) is 18.2 Å². The lowest BCUT2D eigenvalue weighted by Gasteiger charge is -2.06. The van der Waals surface area contributed by atoms with Crippen molar-refractivity contribution in [3.8, 4) is 0 Å². The van der Waals surface area contributed by atoms with Crippen molar-refractivity contribution < 1.29 is 4.79 Å². The molecule has 0 aliphatic rings. The maximum atomic E-state index is 10.2. The lowest BCUT2D eigenvalue weighted by atomic mass is 10.3. The molecule has 0 aliphatic carbocycles. The molecule has 0 radical (unpaired) electrons. The fourth-order valence-corrected chi connectivity index (χ4v) is 1.86. The van der Waals surface area contributed by atoms with Crippen LogP contribution in [0.25, 0.3) is 0 Å². The maximum Gasteiger partial charge on any atom is 0.211 e. The van der Waals surface area contributed by atoms with E-state index < -0.39 is 0 Å². The molecule has 0 heterocycles. The van der Waals surface area contributed by atoms with Crippen LogP contribution in [0.4, 0.5) is 11.4 Å². The molecule has 3 nitrogen and oxygen atoms in total. The molecule has 0 unspecified atom stereocenters. The number of amides is 1. The lowest BCUT2D eigenvalue weighted by Crippen LogP contribution is -1.98. The van der Waals surface area contributed by atoms with Crippen LogP contribution in [-0.2, 0) is 4.79 Å². The molecule has 0 fully saturated rings. The summed E-state index contributed by atoms with van der Waals surface area (Å²) in [6.45, 7) is 2.14. The number of anilines is 2. The summed E-state index contributed by atoms with van der Waals surface area (Å²) in [5.41, 5.74) is 7.02. The van der Waals surface area contributed by atoms with Gasteiger partial charge in [-0.25, -0.2) is 0 Å². The van der Waals surface area contributed by atoms with Crippen molar-refractivity contribution in [3.63, 3.8) is 0 Å². The average Bonchev–Trinajstić information content (AvgIpc) is 2.19. The van der Waals surface area contributed by atoms with Gasteiger partial charge in [-0.3, -0.25) is 4.79 Å². The molecule has 1 aromatic carbocycles. The smallest absolute Gasteiger partial charge is 0.211 e. The highest BCUT2D eigenvalue weighted by atomic mass is 32.2. The Morgan fingerprint density at radius 2 is 2.36 bits per heavy atom. The van der Waals surface area contributed by atoms with Crippen LogP contribution in [0.15, 0.2) is 23.1 Å². The molecule has 0 atom stereocenters. The highest BCUT2D eigenvalue weighted by molar-refractivity contribution is 7.99. The fraction of sp³-hybridized carbons (Fsp3) is 0.300. The first kappa shape index (κ1) is 10.9. The second-order valence-electron chi connectivity index (χ2n) is 2.86. The minimum absolute atomic E-state index is 0.609. The highest BCUT2D eigenvalue weighted by Crippen LogP contribution is 2.26. The van der Waals surface area contributed by atoms with E-state index in [1.807, 2.05) is 18.2 Å². The number of carbonyl (C=O) groups excluding carboxylic acids is 1. The van der Waals surface area contributed by atoms with E-state index in [4.69, 9.17) is 5.73 Å². The van der Waals surface area contributed by atoms with Gasteiger partial charge in [-0.05, 0) is 30.4 Å². The molecule has 0 saturated heterocycles. The highest BCUT2D eigenvalue weighted by Gasteiger charge is 1.99. The Bertz CT molecular complexity index is 315. The third-order valence-corrected chi connectivity index (χ3v) is 2.91. The molecule has 0 saturated carbocycles. The molecule has 0 aromatic heterocycles. The number of hydrogen-bond acceptors (Lipinski definition) is 3. The first-order valence-electron chi connectivity index (χ1n) is 4.50. The predicted octanol–water partition coefficient (Wildman–Crippen LogP) is 2.34. The van der Waals surface area contributed by atoms with Gasteiger partial charge in [-0.15, -0.1) is 11.8 Å². The van der Waals surface area contributed by atoms with Crippen LogP contribution in [0.1, 0.15) is 13.3 Å². The van der Waals surface area contributed by atoms with Crippen molar-refractivity contribution in [1.82, 2.24) is 0 Å². The molecule has 1 rings (SSSR count). The summed E-state index contributed by atoms with van der Waals surface area (Å²) in [5, 5.41) is 2.54. The minimum Gasteiger partial charge on any atom is -0.397 e. The van der Waals surface area contributed by atoms with Crippen molar-refractivity contribution in [2.75, 3.05) is 16.8 Å². The van der Waals surface area contributed by atoms with Gasteiger partial charge >= 0.3 is 0 Å². The van der Waals surface area contributed by atoms with Gasteiger partial charge in [0.1, 0.15) is 0 Å². The van der Waals surface area contributed by atoms with Crippen LogP contribution >= 0.6 is 11.8 Å². The number of benzene rings is 1. The number of carbonyl (C=O) groups is 1. The molecule has 1 aromatic rings. The second kappa shape index (κ2) is 5.54. The van der Waals surface area contributed by atoms with E-state index in [2.05, 4.69) is 12.2 Å². The van der Waals surface area contributed by atoms with Crippen LogP contribution in [-0.4, -0.2) is 12.2 Å². The number of hydrogen-bond donors (Lipinski definition) is 2. The summed E-state index contributed by atoms with van der Waals surface area (Å²) in [4.78, 5) is 11.4.